The van der Waals surface area contributed by atoms with Gasteiger partial charge in [-0.3, -0.25) is 14.0 Å². The molecular formula is C18H22N4O2. The largest absolute Gasteiger partial charge is 0.341 e. The van der Waals surface area contributed by atoms with Gasteiger partial charge in [0.2, 0.25) is 5.91 Å². The van der Waals surface area contributed by atoms with Crippen LogP contribution in [-0.4, -0.2) is 38.1 Å². The van der Waals surface area contributed by atoms with Crippen LogP contribution in [0.15, 0.2) is 41.5 Å². The van der Waals surface area contributed by atoms with E-state index in [9.17, 15) is 9.59 Å². The maximum absolute atomic E-state index is 12.7. The minimum atomic E-state index is -0.241. The van der Waals surface area contributed by atoms with Gasteiger partial charge >= 0.3 is 0 Å². The summed E-state index contributed by atoms with van der Waals surface area (Å²) in [5, 5.41) is 5.18. The molecule has 0 aliphatic rings. The van der Waals surface area contributed by atoms with E-state index in [4.69, 9.17) is 0 Å². The fourth-order valence-corrected chi connectivity index (χ4v) is 3.01. The normalized spacial score (nSPS) is 11.2. The van der Waals surface area contributed by atoms with E-state index in [0.717, 1.165) is 23.7 Å². The molecule has 0 atom stereocenters. The molecule has 0 bridgehead atoms. The van der Waals surface area contributed by atoms with Crippen molar-refractivity contribution in [3.05, 3.63) is 47.0 Å². The van der Waals surface area contributed by atoms with Crippen LogP contribution in [0.3, 0.4) is 0 Å². The highest BCUT2D eigenvalue weighted by atomic mass is 16.2. The smallest absolute Gasteiger partial charge is 0.291 e. The summed E-state index contributed by atoms with van der Waals surface area (Å²) in [6, 6.07) is 9.61. The maximum Gasteiger partial charge on any atom is 0.291 e. The van der Waals surface area contributed by atoms with Crippen LogP contribution in [0, 0.1) is 0 Å². The number of rotatable bonds is 6. The Morgan fingerprint density at radius 2 is 1.83 bits per heavy atom. The van der Waals surface area contributed by atoms with Crippen molar-refractivity contribution < 1.29 is 4.79 Å². The first-order valence-electron chi connectivity index (χ1n) is 8.39. The Bertz CT molecular complexity index is 920. The molecule has 6 heteroatoms. The van der Waals surface area contributed by atoms with Crippen molar-refractivity contribution in [2.45, 2.75) is 33.2 Å². The molecule has 0 fully saturated rings. The molecule has 0 aliphatic carbocycles. The van der Waals surface area contributed by atoms with Crippen LogP contribution in [-0.2, 0) is 11.3 Å². The molecule has 3 rings (SSSR count). The van der Waals surface area contributed by atoms with Gasteiger partial charge in [0.05, 0.1) is 5.52 Å². The lowest BCUT2D eigenvalue weighted by molar-refractivity contribution is -0.132. The molecule has 0 saturated heterocycles. The molecule has 6 nitrogen and oxygen atoms in total. The molecule has 1 aromatic carbocycles. The third-order valence-electron chi connectivity index (χ3n) is 4.13. The van der Waals surface area contributed by atoms with E-state index in [1.54, 1.807) is 15.6 Å². The lowest BCUT2D eigenvalue weighted by Crippen LogP contribution is -2.38. The highest BCUT2D eigenvalue weighted by molar-refractivity contribution is 5.86. The van der Waals surface area contributed by atoms with Gasteiger partial charge in [-0.25, -0.2) is 4.68 Å². The molecule has 3 aromatic rings. The van der Waals surface area contributed by atoms with Crippen molar-refractivity contribution in [3.8, 4) is 0 Å². The number of para-hydroxylation sites is 1. The number of nitrogens with zero attached hydrogens (tertiary/aromatic N) is 4. The van der Waals surface area contributed by atoms with Gasteiger partial charge in [0, 0.05) is 18.5 Å². The van der Waals surface area contributed by atoms with Crippen molar-refractivity contribution in [1.82, 2.24) is 19.1 Å². The SMILES string of the molecule is CCCN(CCC)C(=O)Cn1ncn2c(cc3ccccc32)c1=O. The fraction of sp³-hybridized carbons (Fsp3) is 0.389. The first-order chi connectivity index (χ1) is 11.7. The number of amides is 1. The van der Waals surface area contributed by atoms with Crippen molar-refractivity contribution in [2.75, 3.05) is 13.1 Å². The minimum Gasteiger partial charge on any atom is -0.341 e. The fourth-order valence-electron chi connectivity index (χ4n) is 3.01. The van der Waals surface area contributed by atoms with Crippen LogP contribution in [0.2, 0.25) is 0 Å². The second kappa shape index (κ2) is 6.86. The summed E-state index contributed by atoms with van der Waals surface area (Å²) < 4.78 is 3.03. The lowest BCUT2D eigenvalue weighted by Gasteiger charge is -2.21. The Morgan fingerprint density at radius 1 is 1.12 bits per heavy atom. The quantitative estimate of drug-likeness (QED) is 0.698. The number of carbonyl (C=O) groups excluding carboxylic acids is 1. The van der Waals surface area contributed by atoms with E-state index >= 15 is 0 Å². The van der Waals surface area contributed by atoms with E-state index < -0.39 is 0 Å². The van der Waals surface area contributed by atoms with Gasteiger partial charge in [0.25, 0.3) is 5.56 Å². The maximum atomic E-state index is 12.7. The average molecular weight is 326 g/mol. The Balaban J connectivity index is 1.95. The number of fused-ring (bicyclic) bond motifs is 3. The Labute approximate surface area is 140 Å². The van der Waals surface area contributed by atoms with Crippen LogP contribution < -0.4 is 5.56 Å². The molecule has 2 aromatic heterocycles. The minimum absolute atomic E-state index is 0.0170. The zero-order chi connectivity index (χ0) is 17.1. The van der Waals surface area contributed by atoms with Crippen molar-refractivity contribution in [1.29, 1.82) is 0 Å². The second-order valence-corrected chi connectivity index (χ2v) is 5.93. The summed E-state index contributed by atoms with van der Waals surface area (Å²) in [6.07, 6.45) is 3.41. The molecule has 126 valence electrons. The molecule has 0 saturated carbocycles. The van der Waals surface area contributed by atoms with E-state index in [1.165, 1.54) is 4.68 Å². The molecule has 0 radical (unpaired) electrons. The lowest BCUT2D eigenvalue weighted by atomic mass is 10.2. The third-order valence-corrected chi connectivity index (χ3v) is 4.13. The van der Waals surface area contributed by atoms with Gasteiger partial charge in [-0.05, 0) is 25.0 Å². The number of aromatic nitrogens is 3. The molecule has 0 spiro atoms. The Morgan fingerprint density at radius 3 is 2.54 bits per heavy atom. The third kappa shape index (κ3) is 2.91. The van der Waals surface area contributed by atoms with Gasteiger partial charge < -0.3 is 4.90 Å². The summed E-state index contributed by atoms with van der Waals surface area (Å²) in [6.45, 7) is 5.48. The van der Waals surface area contributed by atoms with Crippen LogP contribution in [0.5, 0.6) is 0 Å². The first-order valence-corrected chi connectivity index (χ1v) is 8.39. The van der Waals surface area contributed by atoms with Gasteiger partial charge in [-0.1, -0.05) is 32.0 Å². The number of hydrogen-bond donors (Lipinski definition) is 0. The number of benzene rings is 1. The van der Waals surface area contributed by atoms with E-state index in [0.29, 0.717) is 18.6 Å². The zero-order valence-electron chi connectivity index (χ0n) is 14.1. The summed E-state index contributed by atoms with van der Waals surface area (Å²) in [4.78, 5) is 27.0. The monoisotopic (exact) mass is 326 g/mol. The highest BCUT2D eigenvalue weighted by Crippen LogP contribution is 2.16. The molecule has 2 heterocycles. The predicted octanol–water partition coefficient (Wildman–Crippen LogP) is 2.30. The van der Waals surface area contributed by atoms with E-state index in [1.807, 2.05) is 44.2 Å². The van der Waals surface area contributed by atoms with Crippen LogP contribution >= 0.6 is 0 Å². The van der Waals surface area contributed by atoms with E-state index in [2.05, 4.69) is 5.10 Å². The highest BCUT2D eigenvalue weighted by Gasteiger charge is 2.15. The Kier molecular flexibility index (Phi) is 4.64. The molecule has 0 unspecified atom stereocenters. The standard InChI is InChI=1S/C18H22N4O2/c1-3-9-20(10-4-2)17(23)12-22-18(24)16-11-14-7-5-6-8-15(14)21(16)13-19-22/h5-8,11,13H,3-4,9-10,12H2,1-2H3. The summed E-state index contributed by atoms with van der Waals surface area (Å²) in [5.41, 5.74) is 1.24. The topological polar surface area (TPSA) is 59.6 Å². The van der Waals surface area contributed by atoms with Crippen LogP contribution in [0.25, 0.3) is 16.4 Å². The predicted molar refractivity (Wildman–Crippen MR) is 94.1 cm³/mol. The summed E-state index contributed by atoms with van der Waals surface area (Å²) >= 11 is 0. The Hall–Kier alpha value is -2.63. The average Bonchev–Trinajstić information content (AvgIpc) is 2.96. The molecule has 0 aliphatic heterocycles. The van der Waals surface area contributed by atoms with E-state index in [-0.39, 0.29) is 18.0 Å². The van der Waals surface area contributed by atoms with Crippen LogP contribution in [0.4, 0.5) is 0 Å². The summed E-state index contributed by atoms with van der Waals surface area (Å²) in [7, 11) is 0. The number of hydrogen-bond acceptors (Lipinski definition) is 3. The van der Waals surface area contributed by atoms with Gasteiger partial charge in [-0.2, -0.15) is 5.10 Å². The molecule has 24 heavy (non-hydrogen) atoms. The van der Waals surface area contributed by atoms with Crippen molar-refractivity contribution >= 4 is 22.3 Å². The number of carbonyl (C=O) groups is 1. The molecule has 1 amide bonds. The van der Waals surface area contributed by atoms with Gasteiger partial charge in [-0.15, -0.1) is 0 Å². The first kappa shape index (κ1) is 16.2. The van der Waals surface area contributed by atoms with Gasteiger partial charge in [0.15, 0.2) is 0 Å². The van der Waals surface area contributed by atoms with Gasteiger partial charge in [0.1, 0.15) is 18.4 Å². The van der Waals surface area contributed by atoms with Crippen molar-refractivity contribution in [3.63, 3.8) is 0 Å². The second-order valence-electron chi connectivity index (χ2n) is 5.93. The summed E-state index contributed by atoms with van der Waals surface area (Å²) in [5.74, 6) is -0.0613. The van der Waals surface area contributed by atoms with Crippen LogP contribution in [0.1, 0.15) is 26.7 Å². The van der Waals surface area contributed by atoms with Crippen molar-refractivity contribution in [2.24, 2.45) is 0 Å². The molecule has 0 N–H and O–H groups in total. The molecular weight excluding hydrogens is 304 g/mol. The zero-order valence-corrected chi connectivity index (χ0v) is 14.1.